The Morgan fingerprint density at radius 3 is 2.30 bits per heavy atom. The third-order valence-electron chi connectivity index (χ3n) is 6.11. The second-order valence-electron chi connectivity index (χ2n) is 8.01. The van der Waals surface area contributed by atoms with Gasteiger partial charge >= 0.3 is 0 Å². The fourth-order valence-corrected chi connectivity index (χ4v) is 4.79. The lowest BCUT2D eigenvalue weighted by molar-refractivity contribution is 0.136. The largest absolute Gasteiger partial charge is 0.311 e. The van der Waals surface area contributed by atoms with Crippen molar-refractivity contribution in [3.8, 4) is 0 Å². The summed E-state index contributed by atoms with van der Waals surface area (Å²) in [5.41, 5.74) is 0. The molecule has 0 aromatic heterocycles. The Labute approximate surface area is 127 Å². The van der Waals surface area contributed by atoms with Gasteiger partial charge < -0.3 is 5.32 Å². The molecule has 20 heavy (non-hydrogen) atoms. The van der Waals surface area contributed by atoms with Gasteiger partial charge in [0.2, 0.25) is 0 Å². The highest BCUT2D eigenvalue weighted by atomic mass is 15.0. The van der Waals surface area contributed by atoms with Gasteiger partial charge in [-0.3, -0.25) is 0 Å². The van der Waals surface area contributed by atoms with E-state index < -0.39 is 0 Å². The van der Waals surface area contributed by atoms with E-state index in [1.165, 1.54) is 57.8 Å². The van der Waals surface area contributed by atoms with Gasteiger partial charge in [-0.15, -0.1) is 0 Å². The predicted octanol–water partition coefficient (Wildman–Crippen LogP) is 5.40. The summed E-state index contributed by atoms with van der Waals surface area (Å²) in [6.07, 6.45) is 13.0. The lowest BCUT2D eigenvalue weighted by Crippen LogP contribution is -2.49. The molecule has 4 unspecified atom stereocenters. The van der Waals surface area contributed by atoms with Crippen molar-refractivity contribution in [2.45, 2.75) is 97.6 Å². The van der Waals surface area contributed by atoms with Crippen molar-refractivity contribution in [2.24, 2.45) is 23.7 Å². The van der Waals surface area contributed by atoms with Crippen LogP contribution >= 0.6 is 0 Å². The summed E-state index contributed by atoms with van der Waals surface area (Å²) < 4.78 is 0. The molecule has 1 heteroatoms. The minimum Gasteiger partial charge on any atom is -0.311 e. The van der Waals surface area contributed by atoms with E-state index in [1.54, 1.807) is 0 Å². The SMILES string of the molecule is CCC(NC1CC(C)CCC1C(C)C)C1CCCCC1. The number of rotatable bonds is 5. The topological polar surface area (TPSA) is 12.0 Å². The van der Waals surface area contributed by atoms with Crippen LogP contribution in [0.5, 0.6) is 0 Å². The van der Waals surface area contributed by atoms with E-state index in [1.807, 2.05) is 0 Å². The quantitative estimate of drug-likeness (QED) is 0.711. The normalized spacial score (nSPS) is 34.4. The molecule has 1 N–H and O–H groups in total. The van der Waals surface area contributed by atoms with E-state index >= 15 is 0 Å². The van der Waals surface area contributed by atoms with Crippen molar-refractivity contribution in [1.82, 2.24) is 5.32 Å². The molecule has 0 bridgehead atoms. The Bertz CT molecular complexity index is 267. The summed E-state index contributed by atoms with van der Waals surface area (Å²) in [6.45, 7) is 9.70. The van der Waals surface area contributed by atoms with Crippen LogP contribution in [0.15, 0.2) is 0 Å². The Balaban J connectivity index is 1.95. The van der Waals surface area contributed by atoms with Gasteiger partial charge in [0.25, 0.3) is 0 Å². The van der Waals surface area contributed by atoms with E-state index in [4.69, 9.17) is 0 Å². The lowest BCUT2D eigenvalue weighted by Gasteiger charge is -2.42. The van der Waals surface area contributed by atoms with E-state index in [9.17, 15) is 0 Å². The molecule has 2 aliphatic rings. The first-order valence-electron chi connectivity index (χ1n) is 9.37. The van der Waals surface area contributed by atoms with E-state index in [-0.39, 0.29) is 0 Å². The smallest absolute Gasteiger partial charge is 0.0103 e. The number of nitrogens with one attached hydrogen (secondary N) is 1. The minimum absolute atomic E-state index is 0.783. The predicted molar refractivity (Wildman–Crippen MR) is 88.9 cm³/mol. The number of hydrogen-bond acceptors (Lipinski definition) is 1. The molecule has 0 aromatic rings. The molecule has 2 aliphatic carbocycles. The van der Waals surface area contributed by atoms with Gasteiger partial charge in [-0.2, -0.15) is 0 Å². The maximum absolute atomic E-state index is 4.14. The summed E-state index contributed by atoms with van der Waals surface area (Å²) in [7, 11) is 0. The fourth-order valence-electron chi connectivity index (χ4n) is 4.79. The monoisotopic (exact) mass is 279 g/mol. The van der Waals surface area contributed by atoms with E-state index in [2.05, 4.69) is 33.0 Å². The van der Waals surface area contributed by atoms with Crippen LogP contribution < -0.4 is 5.32 Å². The first kappa shape index (κ1) is 16.3. The van der Waals surface area contributed by atoms with Crippen LogP contribution in [0.2, 0.25) is 0 Å². The molecule has 2 saturated carbocycles. The molecule has 118 valence electrons. The van der Waals surface area contributed by atoms with Crippen molar-refractivity contribution in [3.05, 3.63) is 0 Å². The van der Waals surface area contributed by atoms with Crippen molar-refractivity contribution in [3.63, 3.8) is 0 Å². The highest BCUT2D eigenvalue weighted by Crippen LogP contribution is 2.35. The van der Waals surface area contributed by atoms with Crippen molar-refractivity contribution < 1.29 is 0 Å². The zero-order valence-electron chi connectivity index (χ0n) is 14.3. The zero-order valence-corrected chi connectivity index (χ0v) is 14.3. The molecule has 2 fully saturated rings. The minimum atomic E-state index is 0.783. The molecule has 0 saturated heterocycles. The van der Waals surface area contributed by atoms with Gasteiger partial charge in [-0.1, -0.05) is 53.4 Å². The third kappa shape index (κ3) is 4.23. The second kappa shape index (κ2) is 7.82. The summed E-state index contributed by atoms with van der Waals surface area (Å²) in [6, 6.07) is 1.57. The molecule has 1 nitrogen and oxygen atoms in total. The molecule has 0 radical (unpaired) electrons. The first-order valence-corrected chi connectivity index (χ1v) is 9.37. The van der Waals surface area contributed by atoms with Crippen molar-refractivity contribution >= 4 is 0 Å². The van der Waals surface area contributed by atoms with Crippen LogP contribution in [-0.4, -0.2) is 12.1 Å². The van der Waals surface area contributed by atoms with Gasteiger partial charge in [-0.05, 0) is 55.8 Å². The first-order chi connectivity index (χ1) is 9.61. The Kier molecular flexibility index (Phi) is 6.39. The maximum Gasteiger partial charge on any atom is 0.0103 e. The van der Waals surface area contributed by atoms with Crippen LogP contribution in [0.4, 0.5) is 0 Å². The van der Waals surface area contributed by atoms with Crippen LogP contribution in [0, 0.1) is 23.7 Å². The van der Waals surface area contributed by atoms with Crippen LogP contribution in [0.1, 0.15) is 85.5 Å². The van der Waals surface area contributed by atoms with Gasteiger partial charge in [0.05, 0.1) is 0 Å². The molecule has 0 aromatic carbocycles. The third-order valence-corrected chi connectivity index (χ3v) is 6.11. The summed E-state index contributed by atoms with van der Waals surface area (Å²) in [5.74, 6) is 3.62. The molecule has 0 spiro atoms. The maximum atomic E-state index is 4.14. The fraction of sp³-hybridized carbons (Fsp3) is 1.00. The van der Waals surface area contributed by atoms with Crippen molar-refractivity contribution in [2.75, 3.05) is 0 Å². The van der Waals surface area contributed by atoms with Crippen LogP contribution in [-0.2, 0) is 0 Å². The molecular weight excluding hydrogens is 242 g/mol. The molecular formula is C19H37N. The Hall–Kier alpha value is -0.0400. The average Bonchev–Trinajstić information content (AvgIpc) is 2.45. The van der Waals surface area contributed by atoms with Gasteiger partial charge in [0.15, 0.2) is 0 Å². The molecule has 2 rings (SSSR count). The molecule has 0 amide bonds. The highest BCUT2D eigenvalue weighted by molar-refractivity contribution is 4.89. The standard InChI is InChI=1S/C19H37N/c1-5-18(16-9-7-6-8-10-16)20-19-13-15(4)11-12-17(19)14(2)3/h14-20H,5-13H2,1-4H3. The van der Waals surface area contributed by atoms with Gasteiger partial charge in [0, 0.05) is 12.1 Å². The summed E-state index contributed by atoms with van der Waals surface area (Å²) in [5, 5.41) is 4.14. The van der Waals surface area contributed by atoms with Gasteiger partial charge in [0.1, 0.15) is 0 Å². The Morgan fingerprint density at radius 2 is 1.70 bits per heavy atom. The van der Waals surface area contributed by atoms with Gasteiger partial charge in [-0.25, -0.2) is 0 Å². The Morgan fingerprint density at radius 1 is 1.00 bits per heavy atom. The van der Waals surface area contributed by atoms with E-state index in [0.29, 0.717) is 0 Å². The average molecular weight is 280 g/mol. The molecule has 4 atom stereocenters. The van der Waals surface area contributed by atoms with E-state index in [0.717, 1.165) is 35.8 Å². The summed E-state index contributed by atoms with van der Waals surface area (Å²) >= 11 is 0. The van der Waals surface area contributed by atoms with Crippen molar-refractivity contribution in [1.29, 1.82) is 0 Å². The second-order valence-corrected chi connectivity index (χ2v) is 8.01. The lowest BCUT2D eigenvalue weighted by atomic mass is 9.73. The van der Waals surface area contributed by atoms with Crippen LogP contribution in [0.25, 0.3) is 0 Å². The molecule has 0 aliphatic heterocycles. The summed E-state index contributed by atoms with van der Waals surface area (Å²) in [4.78, 5) is 0. The number of hydrogen-bond donors (Lipinski definition) is 1. The molecule has 0 heterocycles. The highest BCUT2D eigenvalue weighted by Gasteiger charge is 2.33. The zero-order chi connectivity index (χ0) is 14.5. The van der Waals surface area contributed by atoms with Crippen LogP contribution in [0.3, 0.4) is 0 Å².